The molecule has 6 nitrogen and oxygen atoms in total. The lowest BCUT2D eigenvalue weighted by Crippen LogP contribution is -2.45. The Kier molecular flexibility index (Phi) is 9.32. The number of benzene rings is 1. The van der Waals surface area contributed by atoms with Gasteiger partial charge < -0.3 is 19.1 Å². The number of aromatic nitrogens is 1. The van der Waals surface area contributed by atoms with Crippen molar-refractivity contribution in [2.24, 2.45) is 0 Å². The van der Waals surface area contributed by atoms with E-state index in [-0.39, 0.29) is 5.41 Å². The number of hydrogen-bond acceptors (Lipinski definition) is 5. The fraction of sp³-hybridized carbons (Fsp3) is 0.615. The number of hydrogen-bond donors (Lipinski definition) is 1. The summed E-state index contributed by atoms with van der Waals surface area (Å²) >= 11 is 0. The second-order valence-corrected chi connectivity index (χ2v) is 9.87. The van der Waals surface area contributed by atoms with Crippen LogP contribution in [0.3, 0.4) is 0 Å². The Balaban J connectivity index is 1.61. The molecule has 1 N–H and O–H groups in total. The minimum atomic E-state index is -0.390. The molecule has 0 bridgehead atoms. The summed E-state index contributed by atoms with van der Waals surface area (Å²) in [6.45, 7) is 14.4. The third-order valence-electron chi connectivity index (χ3n) is 6.14. The monoisotopic (exact) mass is 443 g/mol. The van der Waals surface area contributed by atoms with Gasteiger partial charge in [0.25, 0.3) is 0 Å². The van der Waals surface area contributed by atoms with Crippen molar-refractivity contribution in [3.8, 4) is 0 Å². The van der Waals surface area contributed by atoms with Crippen molar-refractivity contribution < 1.29 is 14.6 Å². The lowest BCUT2D eigenvalue weighted by atomic mass is 9.87. The molecule has 178 valence electrons. The normalized spacial score (nSPS) is 16.6. The van der Waals surface area contributed by atoms with Gasteiger partial charge in [0.05, 0.1) is 25.9 Å². The number of β-amino-alcohol motifs (C(OH)–C–C–N with tert-alkyl or cyclic N) is 1. The molecule has 1 saturated heterocycles. The molecule has 1 atom stereocenters. The Hall–Kier alpha value is -1.70. The molecule has 0 saturated carbocycles. The van der Waals surface area contributed by atoms with E-state index in [1.165, 1.54) is 16.8 Å². The standard InChI is InChI=1S/C26H41N3O3/c1-26(2,3)23-9-7-22(8-10-23)18-29-11-5-6-24(29)19-28(12-15-31-4)21-25(30)20-27-13-16-32-17-14-27/h5-11,25,30H,12-21H2,1-4H3/t25-/m1/s1. The van der Waals surface area contributed by atoms with Gasteiger partial charge in [-0.15, -0.1) is 0 Å². The highest BCUT2D eigenvalue weighted by atomic mass is 16.5. The third kappa shape index (κ3) is 7.71. The van der Waals surface area contributed by atoms with Gasteiger partial charge in [-0.25, -0.2) is 0 Å². The summed E-state index contributed by atoms with van der Waals surface area (Å²) < 4.78 is 13.1. The van der Waals surface area contributed by atoms with Crippen molar-refractivity contribution >= 4 is 0 Å². The lowest BCUT2D eigenvalue weighted by molar-refractivity contribution is 0.00419. The number of nitrogens with zero attached hydrogens (tertiary/aromatic N) is 3. The van der Waals surface area contributed by atoms with Gasteiger partial charge in [0.1, 0.15) is 0 Å². The van der Waals surface area contributed by atoms with Gasteiger partial charge in [-0.3, -0.25) is 9.80 Å². The summed E-state index contributed by atoms with van der Waals surface area (Å²) in [6.07, 6.45) is 1.75. The second kappa shape index (κ2) is 12.0. The Morgan fingerprint density at radius 1 is 1.12 bits per heavy atom. The smallest absolute Gasteiger partial charge is 0.0793 e. The number of ether oxygens (including phenoxy) is 2. The number of morpholine rings is 1. The topological polar surface area (TPSA) is 50.1 Å². The zero-order valence-electron chi connectivity index (χ0n) is 20.3. The molecule has 3 rings (SSSR count). The Labute approximate surface area is 193 Å². The van der Waals surface area contributed by atoms with Crippen molar-refractivity contribution in [1.29, 1.82) is 0 Å². The molecule has 1 aromatic heterocycles. The molecular formula is C26H41N3O3. The molecule has 2 aromatic rings. The first-order chi connectivity index (χ1) is 15.3. The summed E-state index contributed by atoms with van der Waals surface area (Å²) in [5.41, 5.74) is 4.07. The Morgan fingerprint density at radius 3 is 2.50 bits per heavy atom. The Morgan fingerprint density at radius 2 is 1.84 bits per heavy atom. The largest absolute Gasteiger partial charge is 0.390 e. The maximum atomic E-state index is 10.7. The van der Waals surface area contributed by atoms with E-state index in [0.717, 1.165) is 45.9 Å². The van der Waals surface area contributed by atoms with E-state index in [0.29, 0.717) is 19.7 Å². The van der Waals surface area contributed by atoms with Crippen LogP contribution in [0.25, 0.3) is 0 Å². The van der Waals surface area contributed by atoms with E-state index < -0.39 is 6.10 Å². The highest BCUT2D eigenvalue weighted by Crippen LogP contribution is 2.22. The quantitative estimate of drug-likeness (QED) is 0.579. The first-order valence-electron chi connectivity index (χ1n) is 11.8. The molecule has 1 fully saturated rings. The van der Waals surface area contributed by atoms with Crippen LogP contribution in [-0.4, -0.2) is 85.2 Å². The van der Waals surface area contributed by atoms with Gasteiger partial charge >= 0.3 is 0 Å². The average Bonchev–Trinajstić information content (AvgIpc) is 3.19. The minimum absolute atomic E-state index is 0.168. The van der Waals surface area contributed by atoms with Gasteiger partial charge in [-0.05, 0) is 28.7 Å². The van der Waals surface area contributed by atoms with E-state index in [9.17, 15) is 5.11 Å². The molecule has 0 spiro atoms. The van der Waals surface area contributed by atoms with Gasteiger partial charge in [-0.1, -0.05) is 45.0 Å². The van der Waals surface area contributed by atoms with E-state index in [4.69, 9.17) is 9.47 Å². The van der Waals surface area contributed by atoms with Crippen LogP contribution in [0.5, 0.6) is 0 Å². The van der Waals surface area contributed by atoms with Crippen LogP contribution < -0.4 is 0 Å². The van der Waals surface area contributed by atoms with E-state index in [1.54, 1.807) is 7.11 Å². The summed E-state index contributed by atoms with van der Waals surface area (Å²) in [7, 11) is 1.73. The summed E-state index contributed by atoms with van der Waals surface area (Å²) in [6, 6.07) is 13.2. The Bertz CT molecular complexity index is 791. The van der Waals surface area contributed by atoms with Crippen LogP contribution in [0.15, 0.2) is 42.6 Å². The van der Waals surface area contributed by atoms with Crippen LogP contribution in [-0.2, 0) is 28.0 Å². The molecule has 1 aromatic carbocycles. The van der Waals surface area contributed by atoms with Gasteiger partial charge in [-0.2, -0.15) is 0 Å². The fourth-order valence-electron chi connectivity index (χ4n) is 4.18. The number of aliphatic hydroxyl groups excluding tert-OH is 1. The van der Waals surface area contributed by atoms with Crippen molar-refractivity contribution in [2.75, 3.05) is 59.7 Å². The summed E-state index contributed by atoms with van der Waals surface area (Å²) in [5, 5.41) is 10.7. The van der Waals surface area contributed by atoms with Crippen LogP contribution >= 0.6 is 0 Å². The fourth-order valence-corrected chi connectivity index (χ4v) is 4.18. The predicted molar refractivity (Wildman–Crippen MR) is 129 cm³/mol. The molecule has 0 radical (unpaired) electrons. The molecule has 0 aliphatic carbocycles. The molecule has 6 heteroatoms. The van der Waals surface area contributed by atoms with Gasteiger partial charge in [0.2, 0.25) is 0 Å². The first kappa shape index (κ1) is 24.9. The van der Waals surface area contributed by atoms with Gasteiger partial charge in [0.15, 0.2) is 0 Å². The zero-order chi connectivity index (χ0) is 23.0. The number of rotatable bonds is 11. The van der Waals surface area contributed by atoms with Crippen LogP contribution in [0.1, 0.15) is 37.6 Å². The highest BCUT2D eigenvalue weighted by Gasteiger charge is 2.19. The SMILES string of the molecule is COCCN(Cc1cccn1Cc1ccc(C(C)(C)C)cc1)C[C@H](O)CN1CCOCC1. The van der Waals surface area contributed by atoms with E-state index in [2.05, 4.69) is 77.7 Å². The second-order valence-electron chi connectivity index (χ2n) is 9.87. The van der Waals surface area contributed by atoms with E-state index in [1.807, 2.05) is 0 Å². The van der Waals surface area contributed by atoms with E-state index >= 15 is 0 Å². The molecule has 2 heterocycles. The molecule has 0 amide bonds. The lowest BCUT2D eigenvalue weighted by Gasteiger charge is -2.31. The average molecular weight is 444 g/mol. The van der Waals surface area contributed by atoms with Crippen molar-refractivity contribution in [3.63, 3.8) is 0 Å². The number of methoxy groups -OCH3 is 1. The summed E-state index contributed by atoms with van der Waals surface area (Å²) in [5.74, 6) is 0. The van der Waals surface area contributed by atoms with Crippen molar-refractivity contribution in [1.82, 2.24) is 14.4 Å². The molecule has 32 heavy (non-hydrogen) atoms. The highest BCUT2D eigenvalue weighted by molar-refractivity contribution is 5.28. The molecule has 1 aliphatic rings. The van der Waals surface area contributed by atoms with Crippen LogP contribution in [0.4, 0.5) is 0 Å². The van der Waals surface area contributed by atoms with Crippen molar-refractivity contribution in [3.05, 3.63) is 59.4 Å². The van der Waals surface area contributed by atoms with Crippen LogP contribution in [0.2, 0.25) is 0 Å². The molecule has 1 aliphatic heterocycles. The first-order valence-corrected chi connectivity index (χ1v) is 11.8. The van der Waals surface area contributed by atoms with Crippen molar-refractivity contribution in [2.45, 2.75) is 45.4 Å². The maximum Gasteiger partial charge on any atom is 0.0793 e. The summed E-state index contributed by atoms with van der Waals surface area (Å²) in [4.78, 5) is 4.58. The molecule has 0 unspecified atom stereocenters. The minimum Gasteiger partial charge on any atom is -0.390 e. The predicted octanol–water partition coefficient (Wildman–Crippen LogP) is 2.98. The maximum absolute atomic E-state index is 10.7. The third-order valence-corrected chi connectivity index (χ3v) is 6.14. The van der Waals surface area contributed by atoms with Gasteiger partial charge in [0, 0.05) is 64.8 Å². The van der Waals surface area contributed by atoms with Crippen LogP contribution in [0, 0.1) is 0 Å². The number of aliphatic hydroxyl groups is 1. The molecular weight excluding hydrogens is 402 g/mol. The zero-order valence-corrected chi connectivity index (χ0v) is 20.3.